The zero-order valence-electron chi connectivity index (χ0n) is 13.4. The molecule has 0 unspecified atom stereocenters. The van der Waals surface area contributed by atoms with Crippen molar-refractivity contribution < 1.29 is 9.72 Å². The fraction of sp³-hybridized carbons (Fsp3) is 0.375. The number of nitro benzene ring substituents is 1. The van der Waals surface area contributed by atoms with Gasteiger partial charge in [-0.15, -0.1) is 0 Å². The predicted octanol–water partition coefficient (Wildman–Crippen LogP) is 3.18. The van der Waals surface area contributed by atoms with E-state index in [1.54, 1.807) is 51.9 Å². The molecule has 0 saturated carbocycles. The largest absolute Gasteiger partial charge is 0.372 e. The van der Waals surface area contributed by atoms with Gasteiger partial charge in [0.2, 0.25) is 0 Å². The Morgan fingerprint density at radius 3 is 2.36 bits per heavy atom. The van der Waals surface area contributed by atoms with Crippen molar-refractivity contribution in [2.45, 2.75) is 20.8 Å². The van der Waals surface area contributed by atoms with E-state index < -0.39 is 10.3 Å². The Morgan fingerprint density at radius 1 is 1.36 bits per heavy atom. The summed E-state index contributed by atoms with van der Waals surface area (Å²) in [6.45, 7) is 5.16. The molecule has 1 rings (SSSR count). The Hall–Kier alpha value is -2.68. The standard InChI is InChI=1S/C16H19N3O3/c1-16(2,3)15(20)12(10-17)8-11-6-7-13(18(4)5)14(9-11)19(21)22/h6-9H,1-5H3. The molecule has 6 nitrogen and oxygen atoms in total. The van der Waals surface area contributed by atoms with Crippen LogP contribution in [0.3, 0.4) is 0 Å². The normalized spacial score (nSPS) is 11.7. The molecular weight excluding hydrogens is 282 g/mol. The summed E-state index contributed by atoms with van der Waals surface area (Å²) in [5, 5.41) is 20.3. The number of carbonyl (C=O) groups is 1. The summed E-state index contributed by atoms with van der Waals surface area (Å²) in [6, 6.07) is 6.48. The van der Waals surface area contributed by atoms with E-state index in [1.807, 2.05) is 6.07 Å². The molecular formula is C16H19N3O3. The van der Waals surface area contributed by atoms with Crippen molar-refractivity contribution in [3.63, 3.8) is 0 Å². The fourth-order valence-corrected chi connectivity index (χ4v) is 1.87. The summed E-state index contributed by atoms with van der Waals surface area (Å²) >= 11 is 0. The minimum Gasteiger partial charge on any atom is -0.372 e. The van der Waals surface area contributed by atoms with Crippen molar-refractivity contribution in [3.05, 3.63) is 39.4 Å². The third-order valence-corrected chi connectivity index (χ3v) is 3.04. The molecule has 6 heteroatoms. The van der Waals surface area contributed by atoms with Crippen LogP contribution in [-0.4, -0.2) is 24.8 Å². The summed E-state index contributed by atoms with van der Waals surface area (Å²) in [7, 11) is 3.42. The maximum atomic E-state index is 12.2. The van der Waals surface area contributed by atoms with Crippen LogP contribution in [0.25, 0.3) is 6.08 Å². The molecule has 0 heterocycles. The molecule has 0 aliphatic heterocycles. The molecule has 0 spiro atoms. The van der Waals surface area contributed by atoms with Crippen LogP contribution in [0.4, 0.5) is 11.4 Å². The van der Waals surface area contributed by atoms with E-state index in [2.05, 4.69) is 0 Å². The molecule has 0 aliphatic carbocycles. The molecule has 0 fully saturated rings. The topological polar surface area (TPSA) is 87.2 Å². The highest BCUT2D eigenvalue weighted by Gasteiger charge is 2.25. The Balaban J connectivity index is 3.37. The van der Waals surface area contributed by atoms with Gasteiger partial charge in [0.15, 0.2) is 5.78 Å². The van der Waals surface area contributed by atoms with Gasteiger partial charge in [0.05, 0.1) is 10.5 Å². The number of anilines is 1. The van der Waals surface area contributed by atoms with Crippen LogP contribution in [0.15, 0.2) is 23.8 Å². The minimum atomic E-state index is -0.683. The fourth-order valence-electron chi connectivity index (χ4n) is 1.87. The number of hydrogen-bond acceptors (Lipinski definition) is 5. The van der Waals surface area contributed by atoms with Gasteiger partial charge in [-0.25, -0.2) is 0 Å². The monoisotopic (exact) mass is 301 g/mol. The quantitative estimate of drug-likeness (QED) is 0.369. The van der Waals surface area contributed by atoms with Gasteiger partial charge in [-0.05, 0) is 17.7 Å². The van der Waals surface area contributed by atoms with Gasteiger partial charge >= 0.3 is 0 Å². The molecule has 0 bridgehead atoms. The van der Waals surface area contributed by atoms with Gasteiger partial charge in [-0.2, -0.15) is 5.26 Å². The highest BCUT2D eigenvalue weighted by molar-refractivity contribution is 6.06. The number of nitriles is 1. The first-order valence-corrected chi connectivity index (χ1v) is 6.70. The van der Waals surface area contributed by atoms with Crippen LogP contribution >= 0.6 is 0 Å². The zero-order valence-corrected chi connectivity index (χ0v) is 13.4. The average Bonchev–Trinajstić information content (AvgIpc) is 2.42. The zero-order chi connectivity index (χ0) is 17.1. The van der Waals surface area contributed by atoms with Crippen molar-refractivity contribution in [3.8, 4) is 6.07 Å². The first-order valence-electron chi connectivity index (χ1n) is 6.70. The lowest BCUT2D eigenvalue weighted by Gasteiger charge is -2.16. The number of nitro groups is 1. The number of benzene rings is 1. The lowest BCUT2D eigenvalue weighted by atomic mass is 9.86. The molecule has 0 amide bonds. The van der Waals surface area contributed by atoms with Gasteiger partial charge in [0.25, 0.3) is 5.69 Å². The van der Waals surface area contributed by atoms with Crippen molar-refractivity contribution in [2.75, 3.05) is 19.0 Å². The molecule has 0 aromatic heterocycles. The van der Waals surface area contributed by atoms with Crippen LogP contribution < -0.4 is 4.90 Å². The first-order chi connectivity index (χ1) is 10.1. The highest BCUT2D eigenvalue weighted by Crippen LogP contribution is 2.29. The maximum absolute atomic E-state index is 12.2. The molecule has 0 radical (unpaired) electrons. The number of allylic oxidation sites excluding steroid dienone is 1. The van der Waals surface area contributed by atoms with Gasteiger partial charge in [0, 0.05) is 25.6 Å². The molecule has 0 saturated heterocycles. The van der Waals surface area contributed by atoms with Gasteiger partial charge in [-0.3, -0.25) is 14.9 Å². The predicted molar refractivity (Wildman–Crippen MR) is 85.5 cm³/mol. The summed E-state index contributed by atoms with van der Waals surface area (Å²) in [5.41, 5.74) is 0.143. The van der Waals surface area contributed by atoms with Crippen molar-refractivity contribution in [1.82, 2.24) is 0 Å². The molecule has 0 aliphatic rings. The van der Waals surface area contributed by atoms with E-state index in [0.29, 0.717) is 11.3 Å². The second kappa shape index (κ2) is 6.39. The molecule has 1 aromatic carbocycles. The van der Waals surface area contributed by atoms with Crippen LogP contribution in [0.5, 0.6) is 0 Å². The Bertz CT molecular complexity index is 677. The number of rotatable bonds is 4. The number of Topliss-reactive ketones (excluding diaryl/α,β-unsaturated/α-hetero) is 1. The summed E-state index contributed by atoms with van der Waals surface area (Å²) in [5.74, 6) is -0.297. The van der Waals surface area contributed by atoms with Gasteiger partial charge in [-0.1, -0.05) is 26.8 Å². The van der Waals surface area contributed by atoms with Crippen molar-refractivity contribution >= 4 is 23.2 Å². The summed E-state index contributed by atoms with van der Waals surface area (Å²) in [4.78, 5) is 24.5. The second-order valence-corrected chi connectivity index (χ2v) is 6.15. The van der Waals surface area contributed by atoms with Crippen LogP contribution in [-0.2, 0) is 4.79 Å². The SMILES string of the molecule is CN(C)c1ccc(C=C(C#N)C(=O)C(C)(C)C)cc1[N+](=O)[O-]. The lowest BCUT2D eigenvalue weighted by Crippen LogP contribution is -2.21. The van der Waals surface area contributed by atoms with Crippen molar-refractivity contribution in [1.29, 1.82) is 5.26 Å². The van der Waals surface area contributed by atoms with E-state index in [-0.39, 0.29) is 17.0 Å². The third kappa shape index (κ3) is 3.92. The van der Waals surface area contributed by atoms with Crippen LogP contribution in [0.2, 0.25) is 0 Å². The average molecular weight is 301 g/mol. The van der Waals surface area contributed by atoms with E-state index >= 15 is 0 Å². The van der Waals surface area contributed by atoms with Gasteiger partial charge in [0.1, 0.15) is 11.8 Å². The minimum absolute atomic E-state index is 0.0144. The van der Waals surface area contributed by atoms with E-state index in [1.165, 1.54) is 12.1 Å². The smallest absolute Gasteiger partial charge is 0.293 e. The Morgan fingerprint density at radius 2 is 1.95 bits per heavy atom. The second-order valence-electron chi connectivity index (χ2n) is 6.15. The molecule has 0 N–H and O–H groups in total. The van der Waals surface area contributed by atoms with Gasteiger partial charge < -0.3 is 4.90 Å². The van der Waals surface area contributed by atoms with E-state index in [4.69, 9.17) is 5.26 Å². The lowest BCUT2D eigenvalue weighted by molar-refractivity contribution is -0.384. The van der Waals surface area contributed by atoms with E-state index in [9.17, 15) is 14.9 Å². The number of ketones is 1. The number of hydrogen-bond donors (Lipinski definition) is 0. The Kier molecular flexibility index (Phi) is 5.05. The third-order valence-electron chi connectivity index (χ3n) is 3.04. The van der Waals surface area contributed by atoms with Crippen LogP contribution in [0, 0.1) is 26.9 Å². The summed E-state index contributed by atoms with van der Waals surface area (Å²) in [6.07, 6.45) is 1.39. The first kappa shape index (κ1) is 17.4. The highest BCUT2D eigenvalue weighted by atomic mass is 16.6. The van der Waals surface area contributed by atoms with Crippen LogP contribution in [0.1, 0.15) is 26.3 Å². The van der Waals surface area contributed by atoms with Crippen molar-refractivity contribution in [2.24, 2.45) is 5.41 Å². The number of carbonyl (C=O) groups excluding carboxylic acids is 1. The summed E-state index contributed by atoms with van der Waals surface area (Å²) < 4.78 is 0. The molecule has 1 aromatic rings. The number of nitrogens with zero attached hydrogens (tertiary/aromatic N) is 3. The maximum Gasteiger partial charge on any atom is 0.293 e. The molecule has 0 atom stereocenters. The Labute approximate surface area is 129 Å². The van der Waals surface area contributed by atoms with E-state index in [0.717, 1.165) is 0 Å². The molecule has 116 valence electrons. The molecule has 22 heavy (non-hydrogen) atoms.